The van der Waals surface area contributed by atoms with Gasteiger partial charge >= 0.3 is 0 Å². The van der Waals surface area contributed by atoms with Gasteiger partial charge < -0.3 is 0 Å². The Kier molecular flexibility index (Phi) is 3.25. The Morgan fingerprint density at radius 3 is 3.18 bits per heavy atom. The van der Waals surface area contributed by atoms with Crippen molar-refractivity contribution in [3.63, 3.8) is 0 Å². The second kappa shape index (κ2) is 5.02. The lowest BCUT2D eigenvalue weighted by Gasteiger charge is -2.34. The van der Waals surface area contributed by atoms with Crippen LogP contribution in [0.3, 0.4) is 0 Å². The minimum absolute atomic E-state index is 0.520. The number of hydrogen-bond acceptors (Lipinski definition) is 3. The molecule has 2 aromatic rings. The topological polar surface area (TPSA) is 31.9 Å². The summed E-state index contributed by atoms with van der Waals surface area (Å²) in [5, 5.41) is 11.6. The average Bonchev–Trinajstić information content (AvgIpc) is 3.01. The third-order valence-corrected chi connectivity index (χ3v) is 4.19. The van der Waals surface area contributed by atoms with E-state index in [4.69, 9.17) is 0 Å². The molecule has 2 aromatic heterocycles. The van der Waals surface area contributed by atoms with Crippen LogP contribution in [0.2, 0.25) is 0 Å². The van der Waals surface area contributed by atoms with Crippen LogP contribution in [0.4, 0.5) is 0 Å². The monoisotopic (exact) mass is 247 g/mol. The maximum Gasteiger partial charge on any atom is 0.0523 e. The maximum atomic E-state index is 4.08. The second-order valence-corrected chi connectivity index (χ2v) is 5.41. The van der Waals surface area contributed by atoms with Crippen molar-refractivity contribution < 1.29 is 0 Å². The fourth-order valence-corrected chi connectivity index (χ4v) is 3.26. The van der Waals surface area contributed by atoms with Crippen LogP contribution in [0.5, 0.6) is 0 Å². The highest BCUT2D eigenvalue weighted by molar-refractivity contribution is 7.07. The first-order chi connectivity index (χ1) is 8.43. The van der Waals surface area contributed by atoms with Crippen molar-refractivity contribution in [2.45, 2.75) is 31.8 Å². The highest BCUT2D eigenvalue weighted by Crippen LogP contribution is 2.31. The lowest BCUT2D eigenvalue weighted by molar-refractivity contribution is 0.137. The molecule has 0 radical (unpaired) electrons. The van der Waals surface area contributed by atoms with Crippen LogP contribution in [0.25, 0.3) is 0 Å². The third kappa shape index (κ3) is 2.42. The van der Waals surface area contributed by atoms with Gasteiger partial charge in [-0.25, -0.2) is 0 Å². The van der Waals surface area contributed by atoms with E-state index in [1.807, 2.05) is 6.20 Å². The molecule has 0 bridgehead atoms. The summed E-state index contributed by atoms with van der Waals surface area (Å²) in [4.78, 5) is 2.57. The van der Waals surface area contributed by atoms with E-state index < -0.39 is 0 Å². The van der Waals surface area contributed by atoms with Gasteiger partial charge in [0.25, 0.3) is 0 Å². The Morgan fingerprint density at radius 2 is 2.41 bits per heavy atom. The van der Waals surface area contributed by atoms with Crippen LogP contribution in [0, 0.1) is 0 Å². The van der Waals surface area contributed by atoms with Crippen molar-refractivity contribution in [2.75, 3.05) is 6.54 Å². The van der Waals surface area contributed by atoms with E-state index >= 15 is 0 Å². The molecule has 1 saturated heterocycles. The number of H-pyrrole nitrogens is 1. The predicted octanol–water partition coefficient (Wildman–Crippen LogP) is 3.20. The quantitative estimate of drug-likeness (QED) is 0.903. The molecule has 17 heavy (non-hydrogen) atoms. The van der Waals surface area contributed by atoms with Gasteiger partial charge in [-0.1, -0.05) is 6.42 Å². The number of thiophene rings is 1. The van der Waals surface area contributed by atoms with E-state index in [0.717, 1.165) is 6.54 Å². The standard InChI is InChI=1S/C13H17N3S/c1-2-7-16(9-11-5-8-17-10-11)13(3-1)12-4-6-14-15-12/h4-6,8,10,13H,1-3,7,9H2,(H,14,15)/t13-/m1/s1. The van der Waals surface area contributed by atoms with E-state index in [2.05, 4.69) is 38.0 Å². The summed E-state index contributed by atoms with van der Waals surface area (Å²) in [5.74, 6) is 0. The van der Waals surface area contributed by atoms with Crippen molar-refractivity contribution in [2.24, 2.45) is 0 Å². The molecule has 3 rings (SSSR count). The molecule has 1 N–H and O–H groups in total. The average molecular weight is 247 g/mol. The Morgan fingerprint density at radius 1 is 1.41 bits per heavy atom. The van der Waals surface area contributed by atoms with E-state index in [1.165, 1.54) is 37.1 Å². The maximum absolute atomic E-state index is 4.08. The molecule has 0 unspecified atom stereocenters. The summed E-state index contributed by atoms with van der Waals surface area (Å²) < 4.78 is 0. The molecular weight excluding hydrogens is 230 g/mol. The molecule has 1 fully saturated rings. The zero-order valence-corrected chi connectivity index (χ0v) is 10.6. The van der Waals surface area contributed by atoms with Crippen molar-refractivity contribution in [1.82, 2.24) is 15.1 Å². The molecule has 0 aliphatic carbocycles. The first kappa shape index (κ1) is 11.0. The highest BCUT2D eigenvalue weighted by atomic mass is 32.1. The summed E-state index contributed by atoms with van der Waals surface area (Å²) in [6.45, 7) is 2.26. The molecule has 1 aliphatic heterocycles. The van der Waals surface area contributed by atoms with Gasteiger partial charge in [0, 0.05) is 12.7 Å². The molecule has 0 amide bonds. The third-order valence-electron chi connectivity index (χ3n) is 3.46. The summed E-state index contributed by atoms with van der Waals surface area (Å²) in [5.41, 5.74) is 2.70. The van der Waals surface area contributed by atoms with Gasteiger partial charge in [-0.2, -0.15) is 16.4 Å². The minimum atomic E-state index is 0.520. The molecule has 0 saturated carbocycles. The number of hydrogen-bond donors (Lipinski definition) is 1. The van der Waals surface area contributed by atoms with Crippen LogP contribution in [0.15, 0.2) is 29.1 Å². The SMILES string of the molecule is c1cc([C@H]2CCCCN2Cc2ccsc2)[nH]n1. The van der Waals surface area contributed by atoms with Crippen LogP contribution in [-0.2, 0) is 6.54 Å². The number of piperidine rings is 1. The fourth-order valence-electron chi connectivity index (χ4n) is 2.60. The van der Waals surface area contributed by atoms with E-state index in [9.17, 15) is 0 Å². The van der Waals surface area contributed by atoms with Crippen molar-refractivity contribution in [3.05, 3.63) is 40.3 Å². The smallest absolute Gasteiger partial charge is 0.0523 e. The Labute approximate surface area is 105 Å². The lowest BCUT2D eigenvalue weighted by atomic mass is 9.99. The van der Waals surface area contributed by atoms with Gasteiger partial charge in [0.1, 0.15) is 0 Å². The minimum Gasteiger partial charge on any atom is -0.291 e. The van der Waals surface area contributed by atoms with E-state index in [0.29, 0.717) is 6.04 Å². The molecule has 90 valence electrons. The first-order valence-electron chi connectivity index (χ1n) is 6.18. The summed E-state index contributed by atoms with van der Waals surface area (Å²) in [7, 11) is 0. The second-order valence-electron chi connectivity index (χ2n) is 4.63. The molecule has 1 aliphatic rings. The van der Waals surface area contributed by atoms with Crippen molar-refractivity contribution in [1.29, 1.82) is 0 Å². The van der Waals surface area contributed by atoms with Crippen LogP contribution >= 0.6 is 11.3 Å². The number of nitrogens with zero attached hydrogens (tertiary/aromatic N) is 2. The normalized spacial score (nSPS) is 21.8. The summed E-state index contributed by atoms with van der Waals surface area (Å²) >= 11 is 1.78. The van der Waals surface area contributed by atoms with Crippen molar-refractivity contribution in [3.8, 4) is 0 Å². The number of likely N-dealkylation sites (tertiary alicyclic amines) is 1. The van der Waals surface area contributed by atoms with Gasteiger partial charge in [0.2, 0.25) is 0 Å². The zero-order valence-electron chi connectivity index (χ0n) is 9.80. The number of aromatic amines is 1. The zero-order chi connectivity index (χ0) is 11.5. The van der Waals surface area contributed by atoms with E-state index in [1.54, 1.807) is 11.3 Å². The Bertz CT molecular complexity index is 435. The molecule has 3 nitrogen and oxygen atoms in total. The Hall–Kier alpha value is -1.13. The van der Waals surface area contributed by atoms with Gasteiger partial charge in [-0.15, -0.1) is 0 Å². The molecule has 0 spiro atoms. The largest absolute Gasteiger partial charge is 0.291 e. The molecule has 0 aromatic carbocycles. The Balaban J connectivity index is 1.76. The first-order valence-corrected chi connectivity index (χ1v) is 7.12. The van der Waals surface area contributed by atoms with Gasteiger partial charge in [-0.05, 0) is 47.8 Å². The van der Waals surface area contributed by atoms with Crippen LogP contribution in [-0.4, -0.2) is 21.6 Å². The number of aromatic nitrogens is 2. The van der Waals surface area contributed by atoms with E-state index in [-0.39, 0.29) is 0 Å². The van der Waals surface area contributed by atoms with Gasteiger partial charge in [-0.3, -0.25) is 10.00 Å². The molecule has 4 heteroatoms. The van der Waals surface area contributed by atoms with Crippen LogP contribution < -0.4 is 0 Å². The van der Waals surface area contributed by atoms with Gasteiger partial charge in [0.15, 0.2) is 0 Å². The fraction of sp³-hybridized carbons (Fsp3) is 0.462. The summed E-state index contributed by atoms with van der Waals surface area (Å²) in [6, 6.07) is 4.85. The molecule has 1 atom stereocenters. The number of rotatable bonds is 3. The number of nitrogens with one attached hydrogen (secondary N) is 1. The predicted molar refractivity (Wildman–Crippen MR) is 69.9 cm³/mol. The highest BCUT2D eigenvalue weighted by Gasteiger charge is 2.24. The molecular formula is C13H17N3S. The summed E-state index contributed by atoms with van der Waals surface area (Å²) in [6.07, 6.45) is 5.73. The van der Waals surface area contributed by atoms with Crippen molar-refractivity contribution >= 4 is 11.3 Å². The van der Waals surface area contributed by atoms with Crippen LogP contribution in [0.1, 0.15) is 36.6 Å². The lowest BCUT2D eigenvalue weighted by Crippen LogP contribution is -2.33. The van der Waals surface area contributed by atoms with Gasteiger partial charge in [0.05, 0.1) is 11.7 Å². The molecule has 3 heterocycles.